The van der Waals surface area contributed by atoms with Crippen molar-refractivity contribution in [3.63, 3.8) is 0 Å². The van der Waals surface area contributed by atoms with Gasteiger partial charge in [-0.25, -0.2) is 4.79 Å². The molecule has 1 N–H and O–H groups in total. The van der Waals surface area contributed by atoms with Gasteiger partial charge in [-0.1, -0.05) is 30.3 Å². The number of ether oxygens (including phenoxy) is 3. The van der Waals surface area contributed by atoms with Gasteiger partial charge < -0.3 is 19.5 Å². The van der Waals surface area contributed by atoms with Crippen LogP contribution in [0.15, 0.2) is 72.8 Å². The summed E-state index contributed by atoms with van der Waals surface area (Å²) in [6.07, 6.45) is 0.692. The lowest BCUT2D eigenvalue weighted by Gasteiger charge is -2.11. The van der Waals surface area contributed by atoms with Gasteiger partial charge in [0.2, 0.25) is 0 Å². The van der Waals surface area contributed by atoms with E-state index in [0.717, 1.165) is 5.56 Å². The zero-order valence-electron chi connectivity index (χ0n) is 16.9. The number of aldehydes is 1. The normalized spacial score (nSPS) is 10.1. The summed E-state index contributed by atoms with van der Waals surface area (Å²) in [7, 11) is 1.44. The van der Waals surface area contributed by atoms with Gasteiger partial charge in [-0.2, -0.15) is 0 Å². The number of carbonyl (C=O) groups excluding carboxylic acids is 3. The molecule has 0 saturated heterocycles. The molecule has 0 saturated carbocycles. The highest BCUT2D eigenvalue weighted by Gasteiger charge is 2.11. The molecule has 0 aliphatic rings. The lowest BCUT2D eigenvalue weighted by molar-refractivity contribution is -0.147. The largest absolute Gasteiger partial charge is 0.493 e. The van der Waals surface area contributed by atoms with Crippen LogP contribution in [0.4, 0.5) is 5.69 Å². The summed E-state index contributed by atoms with van der Waals surface area (Å²) in [5.41, 5.74) is 2.38. The summed E-state index contributed by atoms with van der Waals surface area (Å²) < 4.78 is 15.8. The maximum atomic E-state index is 12.3. The molecule has 0 fully saturated rings. The van der Waals surface area contributed by atoms with E-state index in [0.29, 0.717) is 34.6 Å². The van der Waals surface area contributed by atoms with E-state index in [1.54, 1.807) is 48.5 Å². The fourth-order valence-electron chi connectivity index (χ4n) is 2.70. The average Bonchev–Trinajstić information content (AvgIpc) is 2.82. The maximum Gasteiger partial charge on any atom is 0.344 e. The van der Waals surface area contributed by atoms with E-state index in [-0.39, 0.29) is 19.1 Å². The SMILES string of the molecule is COc1cc(C=O)ccc1OCC(=O)OCc1ccc(C(=O)Nc2ccccc2)cc1. The van der Waals surface area contributed by atoms with Gasteiger partial charge in [0.05, 0.1) is 7.11 Å². The zero-order valence-corrected chi connectivity index (χ0v) is 16.9. The van der Waals surface area contributed by atoms with Crippen molar-refractivity contribution in [2.45, 2.75) is 6.61 Å². The number of hydrogen-bond acceptors (Lipinski definition) is 6. The summed E-state index contributed by atoms with van der Waals surface area (Å²) in [4.78, 5) is 35.1. The van der Waals surface area contributed by atoms with Crippen LogP contribution in [0.1, 0.15) is 26.3 Å². The quantitative estimate of drug-likeness (QED) is 0.418. The van der Waals surface area contributed by atoms with E-state index in [4.69, 9.17) is 14.2 Å². The van der Waals surface area contributed by atoms with Crippen LogP contribution in [0.3, 0.4) is 0 Å². The molecule has 0 spiro atoms. The van der Waals surface area contributed by atoms with Gasteiger partial charge in [-0.05, 0) is 48.0 Å². The molecule has 1 amide bonds. The molecule has 0 bridgehead atoms. The third-order valence-electron chi connectivity index (χ3n) is 4.32. The third-order valence-corrected chi connectivity index (χ3v) is 4.32. The van der Waals surface area contributed by atoms with Gasteiger partial charge in [0.15, 0.2) is 18.1 Å². The number of carbonyl (C=O) groups is 3. The van der Waals surface area contributed by atoms with Crippen LogP contribution in [0.2, 0.25) is 0 Å². The van der Waals surface area contributed by atoms with Gasteiger partial charge in [0.25, 0.3) is 5.91 Å². The Labute approximate surface area is 179 Å². The van der Waals surface area contributed by atoms with Crippen LogP contribution in [-0.4, -0.2) is 31.9 Å². The number of nitrogens with one attached hydrogen (secondary N) is 1. The van der Waals surface area contributed by atoms with Gasteiger partial charge in [0, 0.05) is 16.8 Å². The lowest BCUT2D eigenvalue weighted by atomic mass is 10.1. The molecule has 158 valence electrons. The first-order valence-electron chi connectivity index (χ1n) is 9.46. The lowest BCUT2D eigenvalue weighted by Crippen LogP contribution is -2.15. The second-order valence-corrected chi connectivity index (χ2v) is 6.49. The van der Waals surface area contributed by atoms with Crippen molar-refractivity contribution in [2.75, 3.05) is 19.0 Å². The van der Waals surface area contributed by atoms with Gasteiger partial charge >= 0.3 is 5.97 Å². The molecule has 31 heavy (non-hydrogen) atoms. The van der Waals surface area contributed by atoms with Crippen molar-refractivity contribution in [2.24, 2.45) is 0 Å². The Morgan fingerprint density at radius 3 is 2.35 bits per heavy atom. The zero-order chi connectivity index (χ0) is 22.1. The number of hydrogen-bond donors (Lipinski definition) is 1. The molecular formula is C24H21NO6. The Kier molecular flexibility index (Phi) is 7.37. The second-order valence-electron chi connectivity index (χ2n) is 6.49. The number of para-hydroxylation sites is 1. The van der Waals surface area contributed by atoms with Crippen molar-refractivity contribution in [3.05, 3.63) is 89.5 Å². The van der Waals surface area contributed by atoms with Crippen molar-refractivity contribution < 1.29 is 28.6 Å². The number of anilines is 1. The van der Waals surface area contributed by atoms with Gasteiger partial charge in [-0.3, -0.25) is 9.59 Å². The smallest absolute Gasteiger partial charge is 0.344 e. The number of esters is 1. The van der Waals surface area contributed by atoms with Crippen molar-refractivity contribution in [1.29, 1.82) is 0 Å². The van der Waals surface area contributed by atoms with E-state index in [9.17, 15) is 14.4 Å². The Morgan fingerprint density at radius 1 is 0.935 bits per heavy atom. The fraction of sp³-hybridized carbons (Fsp3) is 0.125. The monoisotopic (exact) mass is 419 g/mol. The van der Waals surface area contributed by atoms with Crippen LogP contribution in [0, 0.1) is 0 Å². The molecule has 0 aliphatic carbocycles. The number of rotatable bonds is 9. The first-order valence-corrected chi connectivity index (χ1v) is 9.46. The average molecular weight is 419 g/mol. The summed E-state index contributed by atoms with van der Waals surface area (Å²) in [5, 5.41) is 2.81. The predicted molar refractivity (Wildman–Crippen MR) is 115 cm³/mol. The van der Waals surface area contributed by atoms with Crippen LogP contribution in [0.25, 0.3) is 0 Å². The minimum atomic E-state index is -0.563. The third kappa shape index (κ3) is 6.17. The highest BCUT2D eigenvalue weighted by Crippen LogP contribution is 2.27. The van der Waals surface area contributed by atoms with E-state index < -0.39 is 5.97 Å². The molecule has 7 nitrogen and oxygen atoms in total. The first kappa shape index (κ1) is 21.6. The first-order chi connectivity index (χ1) is 15.1. The molecule has 0 aromatic heterocycles. The number of amides is 1. The summed E-state index contributed by atoms with van der Waals surface area (Å²) in [5.74, 6) is -0.106. The molecule has 7 heteroatoms. The molecule has 0 heterocycles. The molecule has 0 atom stereocenters. The molecular weight excluding hydrogens is 398 g/mol. The van der Waals surface area contributed by atoms with E-state index in [1.807, 2.05) is 18.2 Å². The maximum absolute atomic E-state index is 12.3. The highest BCUT2D eigenvalue weighted by molar-refractivity contribution is 6.04. The molecule has 3 aromatic carbocycles. The fourth-order valence-corrected chi connectivity index (χ4v) is 2.70. The second kappa shape index (κ2) is 10.6. The number of methoxy groups -OCH3 is 1. The minimum Gasteiger partial charge on any atom is -0.493 e. The van der Waals surface area contributed by atoms with Crippen LogP contribution in [0.5, 0.6) is 11.5 Å². The number of benzene rings is 3. The predicted octanol–water partition coefficient (Wildman–Crippen LogP) is 3.88. The molecule has 0 radical (unpaired) electrons. The summed E-state index contributed by atoms with van der Waals surface area (Å²) in [6, 6.07) is 20.6. The Balaban J connectivity index is 1.48. The Hall–Kier alpha value is -4.13. The van der Waals surface area contributed by atoms with Crippen molar-refractivity contribution in [3.8, 4) is 11.5 Å². The minimum absolute atomic E-state index is 0.0456. The standard InChI is InChI=1S/C24H21NO6/c1-29-22-13-18(14-26)9-12-21(22)30-16-23(27)31-15-17-7-10-19(11-8-17)24(28)25-20-5-3-2-4-6-20/h2-14H,15-16H2,1H3,(H,25,28). The summed E-state index contributed by atoms with van der Waals surface area (Å²) in [6.45, 7) is -0.266. The Morgan fingerprint density at radius 2 is 1.68 bits per heavy atom. The highest BCUT2D eigenvalue weighted by atomic mass is 16.6. The molecule has 0 unspecified atom stereocenters. The molecule has 3 aromatic rings. The van der Waals surface area contributed by atoms with Crippen molar-refractivity contribution >= 4 is 23.9 Å². The van der Waals surface area contributed by atoms with E-state index >= 15 is 0 Å². The van der Waals surface area contributed by atoms with Crippen molar-refractivity contribution in [1.82, 2.24) is 0 Å². The topological polar surface area (TPSA) is 90.9 Å². The van der Waals surface area contributed by atoms with Gasteiger partial charge in [-0.15, -0.1) is 0 Å². The Bertz CT molecular complexity index is 1050. The molecule has 0 aliphatic heterocycles. The summed E-state index contributed by atoms with van der Waals surface area (Å²) >= 11 is 0. The molecule has 3 rings (SSSR count). The van der Waals surface area contributed by atoms with E-state index in [2.05, 4.69) is 5.32 Å². The van der Waals surface area contributed by atoms with Crippen LogP contribution >= 0.6 is 0 Å². The van der Waals surface area contributed by atoms with Crippen LogP contribution < -0.4 is 14.8 Å². The van der Waals surface area contributed by atoms with Gasteiger partial charge in [0.1, 0.15) is 12.9 Å². The van der Waals surface area contributed by atoms with E-state index in [1.165, 1.54) is 13.2 Å². The van der Waals surface area contributed by atoms with Crippen LogP contribution in [-0.2, 0) is 16.1 Å².